The van der Waals surface area contributed by atoms with Gasteiger partial charge in [0.1, 0.15) is 0 Å². The van der Waals surface area contributed by atoms with Gasteiger partial charge in [-0.05, 0) is 60.6 Å². The molecule has 1 aromatic carbocycles. The maximum atomic E-state index is 5.99. The number of hydrazone groups is 1. The van der Waals surface area contributed by atoms with Crippen LogP contribution in [0.5, 0.6) is 0 Å². The molecule has 0 atom stereocenters. The van der Waals surface area contributed by atoms with Crippen molar-refractivity contribution in [2.24, 2.45) is 10.8 Å². The normalized spacial score (nSPS) is 11.2. The molecule has 0 spiro atoms. The zero-order valence-corrected chi connectivity index (χ0v) is 14.0. The molecule has 0 aliphatic rings. The number of nitrogens with one attached hydrogen (secondary N) is 1. The molecule has 0 radical (unpaired) electrons. The van der Waals surface area contributed by atoms with Crippen LogP contribution in [0.3, 0.4) is 0 Å². The summed E-state index contributed by atoms with van der Waals surface area (Å²) in [5.74, 6) is 0. The van der Waals surface area contributed by atoms with Crippen LogP contribution in [0.15, 0.2) is 53.8 Å². The van der Waals surface area contributed by atoms with Crippen LogP contribution < -0.4 is 11.2 Å². The number of hydrogen-bond acceptors (Lipinski definition) is 2. The van der Waals surface area contributed by atoms with Crippen molar-refractivity contribution in [1.82, 2.24) is 9.83 Å². The van der Waals surface area contributed by atoms with Gasteiger partial charge in [-0.15, -0.1) is 0 Å². The van der Waals surface area contributed by atoms with Gasteiger partial charge >= 0.3 is 0 Å². The minimum atomic E-state index is 0.131. The number of halogens is 1. The van der Waals surface area contributed by atoms with E-state index in [4.69, 9.17) is 29.6 Å². The van der Waals surface area contributed by atoms with Crippen molar-refractivity contribution in [2.75, 3.05) is 0 Å². The molecule has 23 heavy (non-hydrogen) atoms. The maximum absolute atomic E-state index is 5.99. The highest BCUT2D eigenvalue weighted by Gasteiger charge is 2.11. The highest BCUT2D eigenvalue weighted by atomic mass is 35.5. The average Bonchev–Trinajstić information content (AvgIpc) is 2.85. The van der Waals surface area contributed by atoms with Gasteiger partial charge in [-0.25, -0.2) is 0 Å². The number of pyridine rings is 1. The molecule has 6 heteroatoms. The predicted octanol–water partition coefficient (Wildman–Crippen LogP) is 3.74. The lowest BCUT2D eigenvalue weighted by molar-refractivity contribution is 1.04. The summed E-state index contributed by atoms with van der Waals surface area (Å²) >= 11 is 10.8. The van der Waals surface area contributed by atoms with Crippen LogP contribution in [0, 0.1) is 6.92 Å². The fourth-order valence-corrected chi connectivity index (χ4v) is 2.64. The molecule has 0 aliphatic heterocycles. The number of thiocarbonyl (C=S) groups is 1. The Morgan fingerprint density at radius 1 is 1.26 bits per heavy atom. The lowest BCUT2D eigenvalue weighted by Gasteiger charge is -2.03. The van der Waals surface area contributed by atoms with Crippen LogP contribution in [0.1, 0.15) is 11.3 Å². The molecule has 0 aliphatic carbocycles. The fraction of sp³-hybridized carbons (Fsp3) is 0.0588. The van der Waals surface area contributed by atoms with E-state index in [9.17, 15) is 0 Å². The molecular formula is C17H15ClN4S. The molecule has 3 N–H and O–H groups in total. The molecular weight excluding hydrogens is 328 g/mol. The fourth-order valence-electron chi connectivity index (χ4n) is 2.46. The van der Waals surface area contributed by atoms with E-state index in [1.807, 2.05) is 30.5 Å². The second kappa shape index (κ2) is 6.40. The van der Waals surface area contributed by atoms with Crippen LogP contribution in [0.25, 0.3) is 16.6 Å². The Bertz CT molecular complexity index is 897. The highest BCUT2D eigenvalue weighted by Crippen LogP contribution is 2.28. The zero-order valence-electron chi connectivity index (χ0n) is 12.5. The molecule has 116 valence electrons. The van der Waals surface area contributed by atoms with E-state index in [-0.39, 0.29) is 5.11 Å². The molecule has 0 saturated heterocycles. The quantitative estimate of drug-likeness (QED) is 0.433. The molecule has 0 amide bonds. The Hall–Kier alpha value is -2.37. The average molecular weight is 343 g/mol. The van der Waals surface area contributed by atoms with Crippen molar-refractivity contribution in [1.29, 1.82) is 0 Å². The number of hydrogen-bond donors (Lipinski definition) is 2. The van der Waals surface area contributed by atoms with Gasteiger partial charge in [-0.3, -0.25) is 5.43 Å². The molecule has 0 saturated carbocycles. The number of fused-ring (bicyclic) bond motifs is 1. The second-order valence-corrected chi connectivity index (χ2v) is 6.06. The number of rotatable bonds is 3. The molecule has 0 unspecified atom stereocenters. The van der Waals surface area contributed by atoms with Crippen LogP contribution in [-0.4, -0.2) is 15.7 Å². The van der Waals surface area contributed by atoms with Crippen molar-refractivity contribution < 1.29 is 0 Å². The summed E-state index contributed by atoms with van der Waals surface area (Å²) in [5.41, 5.74) is 13.3. The zero-order chi connectivity index (χ0) is 16.4. The monoisotopic (exact) mass is 342 g/mol. The maximum Gasteiger partial charge on any atom is 0.184 e. The topological polar surface area (TPSA) is 54.8 Å². The number of nitrogens with zero attached hydrogens (tertiary/aromatic N) is 2. The summed E-state index contributed by atoms with van der Waals surface area (Å²) in [6.45, 7) is 2.07. The smallest absolute Gasteiger partial charge is 0.184 e. The summed E-state index contributed by atoms with van der Waals surface area (Å²) in [6.07, 6.45) is 3.73. The lowest BCUT2D eigenvalue weighted by atomic mass is 10.1. The van der Waals surface area contributed by atoms with E-state index in [0.29, 0.717) is 5.02 Å². The van der Waals surface area contributed by atoms with Crippen molar-refractivity contribution in [3.05, 3.63) is 64.9 Å². The molecule has 2 aromatic heterocycles. The Kier molecular flexibility index (Phi) is 4.32. The first-order chi connectivity index (χ1) is 11.0. The van der Waals surface area contributed by atoms with Crippen molar-refractivity contribution in [3.8, 4) is 11.1 Å². The Morgan fingerprint density at radius 3 is 2.70 bits per heavy atom. The minimum Gasteiger partial charge on any atom is -0.375 e. The Balaban J connectivity index is 2.16. The van der Waals surface area contributed by atoms with Crippen molar-refractivity contribution in [2.45, 2.75) is 6.92 Å². The highest BCUT2D eigenvalue weighted by molar-refractivity contribution is 7.80. The first kappa shape index (κ1) is 15.5. The van der Waals surface area contributed by atoms with Crippen LogP contribution >= 0.6 is 23.8 Å². The summed E-state index contributed by atoms with van der Waals surface area (Å²) in [5, 5.41) is 4.94. The molecule has 3 aromatic rings. The number of aryl methyl sites for hydroxylation is 1. The standard InChI is InChI=1S/C17H15ClN4S/c1-11-6-7-22-14(8-11)9-15(12-2-4-13(18)5-3-12)16(22)10-20-21-17(19)23/h2-10H,1H3,(H3,19,21,23)/b20-10+. The van der Waals surface area contributed by atoms with Gasteiger partial charge in [0.25, 0.3) is 0 Å². The van der Waals surface area contributed by atoms with Gasteiger partial charge in [0.05, 0.1) is 11.9 Å². The molecule has 0 bridgehead atoms. The third-order valence-corrected chi connectivity index (χ3v) is 3.83. The minimum absolute atomic E-state index is 0.131. The Morgan fingerprint density at radius 2 is 2.00 bits per heavy atom. The van der Waals surface area contributed by atoms with Gasteiger partial charge in [-0.1, -0.05) is 23.7 Å². The van der Waals surface area contributed by atoms with Gasteiger partial charge in [0.15, 0.2) is 5.11 Å². The van der Waals surface area contributed by atoms with Gasteiger partial charge in [-0.2, -0.15) is 5.10 Å². The predicted molar refractivity (Wildman–Crippen MR) is 100 cm³/mol. The van der Waals surface area contributed by atoms with E-state index in [1.54, 1.807) is 6.21 Å². The first-order valence-electron chi connectivity index (χ1n) is 7.01. The van der Waals surface area contributed by atoms with E-state index in [1.165, 1.54) is 5.56 Å². The third kappa shape index (κ3) is 3.36. The van der Waals surface area contributed by atoms with Crippen molar-refractivity contribution >= 4 is 40.7 Å². The summed E-state index contributed by atoms with van der Waals surface area (Å²) in [7, 11) is 0. The number of benzene rings is 1. The molecule has 2 heterocycles. The van der Waals surface area contributed by atoms with E-state index >= 15 is 0 Å². The van der Waals surface area contributed by atoms with Crippen LogP contribution in [0.4, 0.5) is 0 Å². The van der Waals surface area contributed by atoms with E-state index < -0.39 is 0 Å². The van der Waals surface area contributed by atoms with Gasteiger partial charge in [0.2, 0.25) is 0 Å². The number of aromatic nitrogens is 1. The molecule has 0 fully saturated rings. The summed E-state index contributed by atoms with van der Waals surface area (Å²) in [6, 6.07) is 14.0. The molecule has 3 rings (SSSR count). The summed E-state index contributed by atoms with van der Waals surface area (Å²) in [4.78, 5) is 0. The van der Waals surface area contributed by atoms with E-state index in [0.717, 1.165) is 22.3 Å². The van der Waals surface area contributed by atoms with Crippen LogP contribution in [-0.2, 0) is 0 Å². The SMILES string of the molecule is Cc1ccn2c(/C=N/NC(N)=S)c(-c3ccc(Cl)cc3)cc2c1. The van der Waals surface area contributed by atoms with Gasteiger partial charge in [0, 0.05) is 22.3 Å². The second-order valence-electron chi connectivity index (χ2n) is 5.18. The number of nitrogens with two attached hydrogens (primary N) is 1. The molecule has 4 nitrogen and oxygen atoms in total. The van der Waals surface area contributed by atoms with Gasteiger partial charge < -0.3 is 10.1 Å². The van der Waals surface area contributed by atoms with E-state index in [2.05, 4.69) is 40.1 Å². The van der Waals surface area contributed by atoms with Crippen molar-refractivity contribution in [3.63, 3.8) is 0 Å². The third-order valence-electron chi connectivity index (χ3n) is 3.48. The lowest BCUT2D eigenvalue weighted by Crippen LogP contribution is -2.24. The largest absolute Gasteiger partial charge is 0.375 e. The van der Waals surface area contributed by atoms with Crippen LogP contribution in [0.2, 0.25) is 5.02 Å². The Labute approximate surface area is 144 Å². The summed E-state index contributed by atoms with van der Waals surface area (Å²) < 4.78 is 2.07. The first-order valence-corrected chi connectivity index (χ1v) is 7.79.